The molecule has 0 saturated heterocycles. The first kappa shape index (κ1) is 15.3. The fourth-order valence-corrected chi connectivity index (χ4v) is 2.27. The maximum Gasteiger partial charge on any atom is 0.170 e. The van der Waals surface area contributed by atoms with Crippen molar-refractivity contribution in [2.75, 3.05) is 19.0 Å². The van der Waals surface area contributed by atoms with E-state index in [1.54, 1.807) is 7.11 Å². The average molecular weight is 300 g/mol. The number of benzene rings is 2. The minimum Gasteiger partial charge on any atom is -0.497 e. The molecule has 0 aliphatic rings. The normalized spacial score (nSPS) is 10.0. The van der Waals surface area contributed by atoms with E-state index < -0.39 is 0 Å². The molecule has 0 spiro atoms. The van der Waals surface area contributed by atoms with E-state index in [4.69, 9.17) is 17.0 Å². The van der Waals surface area contributed by atoms with Crippen LogP contribution >= 0.6 is 12.2 Å². The summed E-state index contributed by atoms with van der Waals surface area (Å²) >= 11 is 5.30. The number of aryl methyl sites for hydroxylation is 1. The summed E-state index contributed by atoms with van der Waals surface area (Å²) in [6.07, 6.45) is 0.896. The van der Waals surface area contributed by atoms with Gasteiger partial charge >= 0.3 is 0 Å². The standard InChI is InChI=1S/C17H20N2OS/c1-13-5-3-7-15(11-13)19-17(21)18-10-9-14-6-4-8-16(12-14)20-2/h3-8,11-12H,9-10H2,1-2H3,(H2,18,19,21). The van der Waals surface area contributed by atoms with Gasteiger partial charge < -0.3 is 15.4 Å². The molecule has 0 aliphatic heterocycles. The summed E-state index contributed by atoms with van der Waals surface area (Å²) in [5.41, 5.74) is 3.44. The molecule has 0 aromatic heterocycles. The highest BCUT2D eigenvalue weighted by Gasteiger charge is 1.99. The number of thiocarbonyl (C=S) groups is 1. The fraction of sp³-hybridized carbons (Fsp3) is 0.235. The minimum atomic E-state index is 0.642. The Labute approximate surface area is 131 Å². The predicted octanol–water partition coefficient (Wildman–Crippen LogP) is 3.53. The molecular weight excluding hydrogens is 280 g/mol. The molecule has 0 aliphatic carbocycles. The summed E-state index contributed by atoms with van der Waals surface area (Å²) in [7, 11) is 1.68. The largest absolute Gasteiger partial charge is 0.497 e. The summed E-state index contributed by atoms with van der Waals surface area (Å²) in [5.74, 6) is 0.882. The molecule has 0 saturated carbocycles. The molecule has 2 N–H and O–H groups in total. The molecule has 21 heavy (non-hydrogen) atoms. The zero-order chi connectivity index (χ0) is 15.1. The third-order valence-corrected chi connectivity index (χ3v) is 3.36. The minimum absolute atomic E-state index is 0.642. The lowest BCUT2D eigenvalue weighted by molar-refractivity contribution is 0.414. The molecule has 0 atom stereocenters. The van der Waals surface area contributed by atoms with Gasteiger partial charge in [-0.3, -0.25) is 0 Å². The van der Waals surface area contributed by atoms with Crippen LogP contribution in [0.3, 0.4) is 0 Å². The Balaban J connectivity index is 1.79. The van der Waals surface area contributed by atoms with Crippen molar-refractivity contribution in [1.82, 2.24) is 5.32 Å². The maximum absolute atomic E-state index is 5.30. The van der Waals surface area contributed by atoms with Gasteiger partial charge in [0.25, 0.3) is 0 Å². The SMILES string of the molecule is COc1cccc(CCNC(=S)Nc2cccc(C)c2)c1. The molecule has 0 heterocycles. The summed E-state index contributed by atoms with van der Waals surface area (Å²) < 4.78 is 5.21. The Kier molecular flexibility index (Phi) is 5.58. The van der Waals surface area contributed by atoms with Crippen molar-refractivity contribution in [3.05, 3.63) is 59.7 Å². The van der Waals surface area contributed by atoms with Gasteiger partial charge in [-0.2, -0.15) is 0 Å². The van der Waals surface area contributed by atoms with Crippen molar-refractivity contribution in [2.45, 2.75) is 13.3 Å². The third kappa shape index (κ3) is 5.08. The van der Waals surface area contributed by atoms with E-state index in [-0.39, 0.29) is 0 Å². The summed E-state index contributed by atoms with van der Waals surface area (Å²) in [6, 6.07) is 16.2. The van der Waals surface area contributed by atoms with Gasteiger partial charge in [0.1, 0.15) is 5.75 Å². The van der Waals surface area contributed by atoms with Crippen LogP contribution in [-0.2, 0) is 6.42 Å². The van der Waals surface area contributed by atoms with Crippen molar-refractivity contribution in [3.8, 4) is 5.75 Å². The number of anilines is 1. The van der Waals surface area contributed by atoms with Crippen LogP contribution in [0.2, 0.25) is 0 Å². The van der Waals surface area contributed by atoms with Crippen molar-refractivity contribution >= 4 is 23.0 Å². The van der Waals surface area contributed by atoms with Crippen molar-refractivity contribution in [1.29, 1.82) is 0 Å². The van der Waals surface area contributed by atoms with E-state index in [0.29, 0.717) is 5.11 Å². The van der Waals surface area contributed by atoms with Crippen LogP contribution in [0.25, 0.3) is 0 Å². The molecular formula is C17H20N2OS. The van der Waals surface area contributed by atoms with Gasteiger partial charge in [-0.15, -0.1) is 0 Å². The maximum atomic E-state index is 5.30. The molecule has 0 unspecified atom stereocenters. The molecule has 110 valence electrons. The Bertz CT molecular complexity index is 613. The van der Waals surface area contributed by atoms with Crippen LogP contribution in [0.15, 0.2) is 48.5 Å². The molecule has 2 aromatic rings. The van der Waals surface area contributed by atoms with Crippen LogP contribution < -0.4 is 15.4 Å². The quantitative estimate of drug-likeness (QED) is 0.828. The van der Waals surface area contributed by atoms with Gasteiger partial charge in [0.05, 0.1) is 7.11 Å². The lowest BCUT2D eigenvalue weighted by atomic mass is 10.1. The highest BCUT2D eigenvalue weighted by molar-refractivity contribution is 7.80. The number of ether oxygens (including phenoxy) is 1. The number of rotatable bonds is 5. The van der Waals surface area contributed by atoms with Crippen molar-refractivity contribution in [3.63, 3.8) is 0 Å². The Morgan fingerprint density at radius 3 is 2.71 bits per heavy atom. The lowest BCUT2D eigenvalue weighted by Gasteiger charge is -2.11. The second kappa shape index (κ2) is 7.64. The van der Waals surface area contributed by atoms with E-state index >= 15 is 0 Å². The molecule has 4 heteroatoms. The second-order valence-electron chi connectivity index (χ2n) is 4.85. The average Bonchev–Trinajstić information content (AvgIpc) is 2.47. The van der Waals surface area contributed by atoms with E-state index in [2.05, 4.69) is 35.8 Å². The summed E-state index contributed by atoms with van der Waals surface area (Å²) in [5, 5.41) is 7.05. The van der Waals surface area contributed by atoms with Crippen LogP contribution in [0.4, 0.5) is 5.69 Å². The van der Waals surface area contributed by atoms with Crippen molar-refractivity contribution in [2.24, 2.45) is 0 Å². The Hall–Kier alpha value is -2.07. The van der Waals surface area contributed by atoms with Gasteiger partial charge in [-0.1, -0.05) is 24.3 Å². The monoisotopic (exact) mass is 300 g/mol. The third-order valence-electron chi connectivity index (χ3n) is 3.11. The first-order valence-electron chi connectivity index (χ1n) is 6.92. The van der Waals surface area contributed by atoms with Gasteiger partial charge in [0.2, 0.25) is 0 Å². The molecule has 0 radical (unpaired) electrons. The first-order valence-corrected chi connectivity index (χ1v) is 7.32. The molecule has 0 amide bonds. The van der Waals surface area contributed by atoms with E-state index in [1.165, 1.54) is 11.1 Å². The molecule has 2 aromatic carbocycles. The fourth-order valence-electron chi connectivity index (χ4n) is 2.05. The highest BCUT2D eigenvalue weighted by atomic mass is 32.1. The van der Waals surface area contributed by atoms with Gasteiger partial charge in [-0.25, -0.2) is 0 Å². The highest BCUT2D eigenvalue weighted by Crippen LogP contribution is 2.12. The van der Waals surface area contributed by atoms with Gasteiger partial charge in [-0.05, 0) is 61.0 Å². The van der Waals surface area contributed by atoms with Crippen LogP contribution in [0.5, 0.6) is 5.75 Å². The predicted molar refractivity (Wildman–Crippen MR) is 92.1 cm³/mol. The molecule has 3 nitrogen and oxygen atoms in total. The van der Waals surface area contributed by atoms with E-state index in [1.807, 2.05) is 30.3 Å². The smallest absolute Gasteiger partial charge is 0.170 e. The zero-order valence-electron chi connectivity index (χ0n) is 12.3. The topological polar surface area (TPSA) is 33.3 Å². The van der Waals surface area contributed by atoms with Gasteiger partial charge in [0, 0.05) is 12.2 Å². The molecule has 2 rings (SSSR count). The lowest BCUT2D eigenvalue weighted by Crippen LogP contribution is -2.30. The van der Waals surface area contributed by atoms with E-state index in [9.17, 15) is 0 Å². The summed E-state index contributed by atoms with van der Waals surface area (Å²) in [6.45, 7) is 2.84. The van der Waals surface area contributed by atoms with Gasteiger partial charge in [0.15, 0.2) is 5.11 Å². The Morgan fingerprint density at radius 1 is 1.14 bits per heavy atom. The molecule has 0 bridgehead atoms. The number of nitrogens with one attached hydrogen (secondary N) is 2. The van der Waals surface area contributed by atoms with Crippen molar-refractivity contribution < 1.29 is 4.74 Å². The zero-order valence-corrected chi connectivity index (χ0v) is 13.2. The Morgan fingerprint density at radius 2 is 1.95 bits per heavy atom. The first-order chi connectivity index (χ1) is 10.2. The van der Waals surface area contributed by atoms with Crippen LogP contribution in [0.1, 0.15) is 11.1 Å². The van der Waals surface area contributed by atoms with Crippen LogP contribution in [0, 0.1) is 6.92 Å². The molecule has 0 fully saturated rings. The van der Waals surface area contributed by atoms with Crippen LogP contribution in [-0.4, -0.2) is 18.8 Å². The second-order valence-corrected chi connectivity index (χ2v) is 5.26. The number of hydrogen-bond donors (Lipinski definition) is 2. The number of hydrogen-bond acceptors (Lipinski definition) is 2. The number of methoxy groups -OCH3 is 1. The summed E-state index contributed by atoms with van der Waals surface area (Å²) in [4.78, 5) is 0. The van der Waals surface area contributed by atoms with E-state index in [0.717, 1.165) is 24.4 Å².